The molecule has 0 atom stereocenters. The Bertz CT molecular complexity index is 876. The molecule has 0 saturated heterocycles. The van der Waals surface area contributed by atoms with Crippen molar-refractivity contribution < 1.29 is 4.79 Å². The van der Waals surface area contributed by atoms with Crippen molar-refractivity contribution in [2.24, 2.45) is 0 Å². The van der Waals surface area contributed by atoms with E-state index in [9.17, 15) is 4.79 Å². The van der Waals surface area contributed by atoms with Gasteiger partial charge in [0.1, 0.15) is 5.82 Å². The molecular formula is C19H21N5OS. The molecular weight excluding hydrogens is 346 g/mol. The Balaban J connectivity index is 1.37. The third-order valence-electron chi connectivity index (χ3n) is 4.58. The second-order valence-electron chi connectivity index (χ2n) is 6.43. The van der Waals surface area contributed by atoms with E-state index in [2.05, 4.69) is 15.1 Å². The smallest absolute Gasteiger partial charge is 0.223 e. The first kappa shape index (κ1) is 16.9. The number of aromatic nitrogens is 4. The van der Waals surface area contributed by atoms with E-state index in [0.717, 1.165) is 34.3 Å². The minimum absolute atomic E-state index is 0.185. The van der Waals surface area contributed by atoms with Crippen LogP contribution in [0.4, 0.5) is 0 Å². The van der Waals surface area contributed by atoms with Gasteiger partial charge in [-0.1, -0.05) is 30.3 Å². The molecule has 1 amide bonds. The molecule has 3 heterocycles. The number of rotatable bonds is 4. The van der Waals surface area contributed by atoms with E-state index < -0.39 is 0 Å². The number of hydrogen-bond donors (Lipinski definition) is 0. The van der Waals surface area contributed by atoms with Gasteiger partial charge in [-0.25, -0.2) is 14.6 Å². The third kappa shape index (κ3) is 3.67. The van der Waals surface area contributed by atoms with Crippen LogP contribution in [0.2, 0.25) is 0 Å². The molecule has 7 heteroatoms. The van der Waals surface area contributed by atoms with Gasteiger partial charge in [0.05, 0.1) is 17.2 Å². The second kappa shape index (κ2) is 7.37. The number of hydrogen-bond acceptors (Lipinski definition) is 5. The lowest BCUT2D eigenvalue weighted by molar-refractivity contribution is -0.131. The molecule has 3 aromatic rings. The fourth-order valence-corrected chi connectivity index (χ4v) is 3.82. The maximum atomic E-state index is 12.5. The number of benzene rings is 1. The minimum atomic E-state index is 0.185. The molecule has 0 fully saturated rings. The molecule has 0 unspecified atom stereocenters. The van der Waals surface area contributed by atoms with Crippen LogP contribution in [0.1, 0.15) is 22.9 Å². The van der Waals surface area contributed by atoms with Gasteiger partial charge in [-0.2, -0.15) is 5.10 Å². The summed E-state index contributed by atoms with van der Waals surface area (Å²) in [5.41, 5.74) is 2.04. The number of fused-ring (bicyclic) bond motifs is 1. The number of thiazole rings is 1. The van der Waals surface area contributed by atoms with Crippen LogP contribution in [-0.4, -0.2) is 43.6 Å². The van der Waals surface area contributed by atoms with Gasteiger partial charge in [0.25, 0.3) is 0 Å². The van der Waals surface area contributed by atoms with Crippen LogP contribution < -0.4 is 0 Å². The molecule has 1 aliphatic rings. The van der Waals surface area contributed by atoms with Crippen molar-refractivity contribution in [1.82, 2.24) is 24.6 Å². The van der Waals surface area contributed by atoms with Gasteiger partial charge >= 0.3 is 0 Å². The van der Waals surface area contributed by atoms with E-state index in [1.807, 2.05) is 52.2 Å². The zero-order valence-electron chi connectivity index (χ0n) is 14.8. The molecule has 1 aliphatic heterocycles. The maximum Gasteiger partial charge on any atom is 0.223 e. The van der Waals surface area contributed by atoms with E-state index in [4.69, 9.17) is 0 Å². The van der Waals surface area contributed by atoms with Crippen LogP contribution in [0.15, 0.2) is 35.7 Å². The summed E-state index contributed by atoms with van der Waals surface area (Å²) in [5.74, 6) is 1.90. The Kier molecular flexibility index (Phi) is 4.79. The standard InChI is InChI=1S/C19H21N5OS/c1-14-20-16(13-26-14)7-8-18(25)23-10-9-17-21-19(22-24(17)12-11-23)15-5-3-2-4-6-15/h2-6,13H,7-12H2,1H3. The summed E-state index contributed by atoms with van der Waals surface area (Å²) in [7, 11) is 0. The number of amides is 1. The highest BCUT2D eigenvalue weighted by molar-refractivity contribution is 7.09. The van der Waals surface area contributed by atoms with Crippen molar-refractivity contribution in [2.45, 2.75) is 32.7 Å². The number of nitrogens with zero attached hydrogens (tertiary/aromatic N) is 5. The van der Waals surface area contributed by atoms with Gasteiger partial charge in [0.2, 0.25) is 5.91 Å². The van der Waals surface area contributed by atoms with Crippen LogP contribution in [0, 0.1) is 6.92 Å². The first-order chi connectivity index (χ1) is 12.7. The van der Waals surface area contributed by atoms with E-state index in [1.54, 1.807) is 11.3 Å². The van der Waals surface area contributed by atoms with Gasteiger partial charge in [-0.3, -0.25) is 4.79 Å². The van der Waals surface area contributed by atoms with Crippen LogP contribution in [0.25, 0.3) is 11.4 Å². The largest absolute Gasteiger partial charge is 0.340 e. The van der Waals surface area contributed by atoms with Gasteiger partial charge in [-0.05, 0) is 13.3 Å². The Labute approximate surface area is 156 Å². The Morgan fingerprint density at radius 1 is 1.15 bits per heavy atom. The predicted octanol–water partition coefficient (Wildman–Crippen LogP) is 2.73. The molecule has 2 aromatic heterocycles. The second-order valence-corrected chi connectivity index (χ2v) is 7.49. The first-order valence-corrected chi connectivity index (χ1v) is 9.75. The molecule has 134 valence electrons. The SMILES string of the molecule is Cc1nc(CCC(=O)N2CCc3nc(-c4ccccc4)nn3CC2)cs1. The molecule has 0 bridgehead atoms. The average Bonchev–Trinajstić information content (AvgIpc) is 3.21. The van der Waals surface area contributed by atoms with Gasteiger partial charge in [-0.15, -0.1) is 11.3 Å². The number of aryl methyl sites for hydroxylation is 2. The Hall–Kier alpha value is -2.54. The normalized spacial score (nSPS) is 14.1. The highest BCUT2D eigenvalue weighted by atomic mass is 32.1. The lowest BCUT2D eigenvalue weighted by Crippen LogP contribution is -2.33. The Morgan fingerprint density at radius 3 is 2.77 bits per heavy atom. The summed E-state index contributed by atoms with van der Waals surface area (Å²) >= 11 is 1.63. The lowest BCUT2D eigenvalue weighted by atomic mass is 10.2. The monoisotopic (exact) mass is 367 g/mol. The van der Waals surface area contributed by atoms with Crippen molar-refractivity contribution in [2.75, 3.05) is 13.1 Å². The highest BCUT2D eigenvalue weighted by Crippen LogP contribution is 2.17. The average molecular weight is 367 g/mol. The van der Waals surface area contributed by atoms with E-state index >= 15 is 0 Å². The fraction of sp³-hybridized carbons (Fsp3) is 0.368. The van der Waals surface area contributed by atoms with Crippen LogP contribution in [-0.2, 0) is 24.2 Å². The first-order valence-electron chi connectivity index (χ1n) is 8.87. The van der Waals surface area contributed by atoms with Crippen molar-refractivity contribution in [3.8, 4) is 11.4 Å². The van der Waals surface area contributed by atoms with Gasteiger partial charge < -0.3 is 4.90 Å². The molecule has 1 aromatic carbocycles. The van der Waals surface area contributed by atoms with Crippen molar-refractivity contribution in [3.63, 3.8) is 0 Å². The number of carbonyl (C=O) groups is 1. The van der Waals surface area contributed by atoms with E-state index in [1.165, 1.54) is 0 Å². The van der Waals surface area contributed by atoms with E-state index in [-0.39, 0.29) is 5.91 Å². The lowest BCUT2D eigenvalue weighted by Gasteiger charge is -2.19. The molecule has 4 rings (SSSR count). The van der Waals surface area contributed by atoms with Gasteiger partial charge in [0, 0.05) is 36.9 Å². The number of carbonyl (C=O) groups excluding carboxylic acids is 1. The Morgan fingerprint density at radius 2 is 2.00 bits per heavy atom. The molecule has 26 heavy (non-hydrogen) atoms. The van der Waals surface area contributed by atoms with Crippen LogP contribution in [0.3, 0.4) is 0 Å². The zero-order valence-corrected chi connectivity index (χ0v) is 15.6. The van der Waals surface area contributed by atoms with Gasteiger partial charge in [0.15, 0.2) is 5.82 Å². The van der Waals surface area contributed by atoms with Crippen molar-refractivity contribution in [3.05, 3.63) is 52.2 Å². The molecule has 6 nitrogen and oxygen atoms in total. The fourth-order valence-electron chi connectivity index (χ4n) is 3.18. The van der Waals surface area contributed by atoms with Crippen molar-refractivity contribution >= 4 is 17.2 Å². The summed E-state index contributed by atoms with van der Waals surface area (Å²) in [4.78, 5) is 23.6. The molecule has 0 aliphatic carbocycles. The summed E-state index contributed by atoms with van der Waals surface area (Å²) in [6.07, 6.45) is 1.95. The third-order valence-corrected chi connectivity index (χ3v) is 5.40. The molecule has 0 N–H and O–H groups in total. The molecule has 0 saturated carbocycles. The maximum absolute atomic E-state index is 12.5. The molecule has 0 spiro atoms. The topological polar surface area (TPSA) is 63.9 Å². The highest BCUT2D eigenvalue weighted by Gasteiger charge is 2.21. The zero-order chi connectivity index (χ0) is 17.9. The minimum Gasteiger partial charge on any atom is -0.340 e. The van der Waals surface area contributed by atoms with Crippen LogP contribution >= 0.6 is 11.3 Å². The summed E-state index contributed by atoms with van der Waals surface area (Å²) in [6.45, 7) is 4.06. The summed E-state index contributed by atoms with van der Waals surface area (Å²) in [6, 6.07) is 10.0. The molecule has 0 radical (unpaired) electrons. The summed E-state index contributed by atoms with van der Waals surface area (Å²) < 4.78 is 1.94. The van der Waals surface area contributed by atoms with E-state index in [0.29, 0.717) is 32.5 Å². The van der Waals surface area contributed by atoms with Crippen LogP contribution in [0.5, 0.6) is 0 Å². The summed E-state index contributed by atoms with van der Waals surface area (Å²) in [5, 5.41) is 7.72. The predicted molar refractivity (Wildman–Crippen MR) is 101 cm³/mol. The van der Waals surface area contributed by atoms with Crippen molar-refractivity contribution in [1.29, 1.82) is 0 Å². The quantitative estimate of drug-likeness (QED) is 0.711.